The third-order valence-corrected chi connectivity index (χ3v) is 7.60. The first-order valence-electron chi connectivity index (χ1n) is 12.4. The lowest BCUT2D eigenvalue weighted by molar-refractivity contribution is -0.140. The van der Waals surface area contributed by atoms with Gasteiger partial charge in [0.1, 0.15) is 18.2 Å². The summed E-state index contributed by atoms with van der Waals surface area (Å²) in [6.45, 7) is -1.68. The topological polar surface area (TPSA) is 101 Å². The molecule has 1 aliphatic heterocycles. The summed E-state index contributed by atoms with van der Waals surface area (Å²) in [6, 6.07) is 8.49. The van der Waals surface area contributed by atoms with Gasteiger partial charge in [-0.25, -0.2) is 17.2 Å². The second-order valence-electron chi connectivity index (χ2n) is 9.57. The zero-order valence-corrected chi connectivity index (χ0v) is 22.8. The number of benzene rings is 2. The van der Waals surface area contributed by atoms with E-state index in [0.29, 0.717) is 5.69 Å². The van der Waals surface area contributed by atoms with Crippen molar-refractivity contribution in [2.75, 3.05) is 43.6 Å². The van der Waals surface area contributed by atoms with Crippen LogP contribution in [0.3, 0.4) is 0 Å². The Balaban J connectivity index is 1.62. The molecule has 0 radical (unpaired) electrons. The van der Waals surface area contributed by atoms with Crippen molar-refractivity contribution in [2.24, 2.45) is 5.92 Å². The van der Waals surface area contributed by atoms with E-state index >= 15 is 0 Å². The van der Waals surface area contributed by atoms with Gasteiger partial charge in [0.15, 0.2) is 9.84 Å². The monoisotopic (exact) mass is 598 g/mol. The van der Waals surface area contributed by atoms with Gasteiger partial charge in [-0.2, -0.15) is 13.2 Å². The lowest BCUT2D eigenvalue weighted by Gasteiger charge is -2.30. The number of nitrogens with zero attached hydrogens (tertiary/aromatic N) is 1. The maximum Gasteiger partial charge on any atom is 0.406 e. The zero-order chi connectivity index (χ0) is 30.0. The first-order chi connectivity index (χ1) is 19.2. The molecule has 3 aromatic rings. The Hall–Kier alpha value is -3.83. The Kier molecular flexibility index (Phi) is 8.51. The summed E-state index contributed by atoms with van der Waals surface area (Å²) in [4.78, 5) is 12.9. The van der Waals surface area contributed by atoms with Gasteiger partial charge in [-0.05, 0) is 43.3 Å². The molecule has 1 aliphatic rings. The minimum atomic E-state index is -4.52. The third kappa shape index (κ3) is 7.28. The summed E-state index contributed by atoms with van der Waals surface area (Å²) in [7, 11) is -2.08. The fourth-order valence-corrected chi connectivity index (χ4v) is 5.15. The van der Waals surface area contributed by atoms with Crippen molar-refractivity contribution >= 4 is 38.0 Å². The van der Waals surface area contributed by atoms with Gasteiger partial charge >= 0.3 is 6.18 Å². The van der Waals surface area contributed by atoms with Crippen LogP contribution < -0.4 is 20.7 Å². The highest BCUT2D eigenvalue weighted by Gasteiger charge is 2.46. The smallest absolute Gasteiger partial charge is 0.406 e. The van der Waals surface area contributed by atoms with Crippen molar-refractivity contribution in [3.05, 3.63) is 48.2 Å². The van der Waals surface area contributed by atoms with E-state index in [0.717, 1.165) is 10.8 Å². The Morgan fingerprint density at radius 2 is 1.95 bits per heavy atom. The Morgan fingerprint density at radius 3 is 2.61 bits per heavy atom. The second kappa shape index (κ2) is 11.6. The largest absolute Gasteiger partial charge is 0.495 e. The van der Waals surface area contributed by atoms with Crippen LogP contribution in [0.4, 0.5) is 33.3 Å². The SMILES string of the molecule is COc1cc(S(C)(=O)=O)ccc1NCC#Cc1cc(NC(=O)C2CCNCC2(F)F)c2ccn(CC(F)(F)F)c2c1. The predicted octanol–water partition coefficient (Wildman–Crippen LogP) is 4.26. The molecule has 8 nitrogen and oxygen atoms in total. The van der Waals surface area contributed by atoms with Crippen LogP contribution in [0.5, 0.6) is 5.75 Å². The molecule has 1 amide bonds. The number of carbonyl (C=O) groups excluding carboxylic acids is 1. The Morgan fingerprint density at radius 1 is 1.20 bits per heavy atom. The average Bonchev–Trinajstić information content (AvgIpc) is 3.27. The average molecular weight is 599 g/mol. The minimum absolute atomic E-state index is 0.0408. The number of alkyl halides is 5. The van der Waals surface area contributed by atoms with E-state index in [-0.39, 0.29) is 52.3 Å². The van der Waals surface area contributed by atoms with Crippen LogP contribution in [0, 0.1) is 17.8 Å². The summed E-state index contributed by atoms with van der Waals surface area (Å²) in [5, 5.41) is 8.26. The van der Waals surface area contributed by atoms with Crippen LogP contribution in [-0.4, -0.2) is 64.0 Å². The molecule has 1 atom stereocenters. The third-order valence-electron chi connectivity index (χ3n) is 6.49. The molecule has 0 aliphatic carbocycles. The van der Waals surface area contributed by atoms with Crippen molar-refractivity contribution in [3.63, 3.8) is 0 Å². The van der Waals surface area contributed by atoms with E-state index in [1.54, 1.807) is 0 Å². The van der Waals surface area contributed by atoms with Crippen molar-refractivity contribution in [3.8, 4) is 17.6 Å². The van der Waals surface area contributed by atoms with E-state index in [1.807, 2.05) is 0 Å². The molecule has 1 aromatic heterocycles. The number of methoxy groups -OCH3 is 1. The summed E-state index contributed by atoms with van der Waals surface area (Å²) in [5.74, 6) is 0.0864. The van der Waals surface area contributed by atoms with Crippen LogP contribution in [0.15, 0.2) is 47.5 Å². The Bertz CT molecular complexity index is 1620. The van der Waals surface area contributed by atoms with Gasteiger partial charge < -0.3 is 25.3 Å². The number of amides is 1. The quantitative estimate of drug-likeness (QED) is 0.278. The van der Waals surface area contributed by atoms with Crippen molar-refractivity contribution < 1.29 is 39.9 Å². The van der Waals surface area contributed by atoms with Crippen LogP contribution in [-0.2, 0) is 21.2 Å². The number of sulfone groups is 1. The number of hydrogen-bond acceptors (Lipinski definition) is 6. The highest BCUT2D eigenvalue weighted by atomic mass is 32.2. The van der Waals surface area contributed by atoms with Crippen LogP contribution >= 0.6 is 0 Å². The Labute approximate surface area is 233 Å². The molecule has 0 saturated carbocycles. The van der Waals surface area contributed by atoms with Crippen molar-refractivity contribution in [2.45, 2.75) is 30.0 Å². The van der Waals surface area contributed by atoms with Gasteiger partial charge in [0, 0.05) is 29.5 Å². The standard InChI is InChI=1S/C27H27F5N4O4S/c1-40-24-14-18(41(2,38)39)5-6-21(24)34-9-3-4-17-12-22(35-25(37)20-7-10-33-15-26(20,28)29)19-8-11-36(23(19)13-17)16-27(30,31)32/h5-6,8,11-14,20,33-34H,7,9-10,15-16H2,1-2H3,(H,35,37). The normalized spacial score (nSPS) is 17.0. The lowest BCUT2D eigenvalue weighted by Crippen LogP contribution is -2.50. The molecule has 14 heteroatoms. The molecule has 220 valence electrons. The number of nitrogens with one attached hydrogen (secondary N) is 3. The predicted molar refractivity (Wildman–Crippen MR) is 144 cm³/mol. The molecule has 41 heavy (non-hydrogen) atoms. The number of carbonyl (C=O) groups is 1. The van der Waals surface area contributed by atoms with Crippen LogP contribution in [0.1, 0.15) is 12.0 Å². The fraction of sp³-hybridized carbons (Fsp3) is 0.370. The van der Waals surface area contributed by atoms with Gasteiger partial charge in [0.25, 0.3) is 5.92 Å². The minimum Gasteiger partial charge on any atom is -0.495 e. The van der Waals surface area contributed by atoms with Gasteiger partial charge in [-0.1, -0.05) is 11.8 Å². The van der Waals surface area contributed by atoms with E-state index in [4.69, 9.17) is 4.74 Å². The number of aromatic nitrogens is 1. The number of anilines is 2. The number of rotatable bonds is 7. The van der Waals surface area contributed by atoms with E-state index in [2.05, 4.69) is 27.8 Å². The zero-order valence-electron chi connectivity index (χ0n) is 22.0. The van der Waals surface area contributed by atoms with Gasteiger partial charge in [-0.3, -0.25) is 4.79 Å². The molecule has 0 spiro atoms. The second-order valence-corrected chi connectivity index (χ2v) is 11.6. The van der Waals surface area contributed by atoms with Crippen LogP contribution in [0.2, 0.25) is 0 Å². The van der Waals surface area contributed by atoms with E-state index in [9.17, 15) is 35.2 Å². The molecule has 4 rings (SSSR count). The van der Waals surface area contributed by atoms with E-state index in [1.165, 1.54) is 49.7 Å². The molecule has 2 heterocycles. The summed E-state index contributed by atoms with van der Waals surface area (Å²) >= 11 is 0. The molecule has 1 fully saturated rings. The number of halogens is 5. The summed E-state index contributed by atoms with van der Waals surface area (Å²) in [6.07, 6.45) is -2.35. The molecule has 3 N–H and O–H groups in total. The lowest BCUT2D eigenvalue weighted by atomic mass is 9.93. The van der Waals surface area contributed by atoms with Crippen molar-refractivity contribution in [1.82, 2.24) is 9.88 Å². The molecule has 2 aromatic carbocycles. The molecule has 1 saturated heterocycles. The summed E-state index contributed by atoms with van der Waals surface area (Å²) in [5.41, 5.74) is 0.887. The van der Waals surface area contributed by atoms with Crippen LogP contribution in [0.25, 0.3) is 10.9 Å². The molecular formula is C27H27F5N4O4S. The van der Waals surface area contributed by atoms with Gasteiger partial charge in [0.05, 0.1) is 42.0 Å². The van der Waals surface area contributed by atoms with Gasteiger partial charge in [0.2, 0.25) is 5.91 Å². The van der Waals surface area contributed by atoms with Crippen molar-refractivity contribution in [1.29, 1.82) is 0 Å². The van der Waals surface area contributed by atoms with E-state index < -0.39 is 46.9 Å². The highest BCUT2D eigenvalue weighted by Crippen LogP contribution is 2.33. The maximum atomic E-state index is 14.4. The summed E-state index contributed by atoms with van der Waals surface area (Å²) < 4.78 is 98.1. The highest BCUT2D eigenvalue weighted by molar-refractivity contribution is 7.90. The fourth-order valence-electron chi connectivity index (χ4n) is 4.51. The number of fused-ring (bicyclic) bond motifs is 1. The molecule has 0 bridgehead atoms. The molecule has 1 unspecified atom stereocenters. The first kappa shape index (κ1) is 30.1. The number of ether oxygens (including phenoxy) is 1. The first-order valence-corrected chi connectivity index (χ1v) is 14.3. The number of piperidine rings is 1. The number of hydrogen-bond donors (Lipinski definition) is 3. The maximum absolute atomic E-state index is 14.4. The van der Waals surface area contributed by atoms with Gasteiger partial charge in [-0.15, -0.1) is 0 Å². The molecular weight excluding hydrogens is 571 g/mol.